The second-order valence-electron chi connectivity index (χ2n) is 5.76. The fourth-order valence-electron chi connectivity index (χ4n) is 2.54. The van der Waals surface area contributed by atoms with Gasteiger partial charge in [-0.3, -0.25) is 14.9 Å². The van der Waals surface area contributed by atoms with Crippen LogP contribution in [0, 0.1) is 17.7 Å². The summed E-state index contributed by atoms with van der Waals surface area (Å²) in [5, 5.41) is 1.26. The molecule has 5 nitrogen and oxygen atoms in total. The molecule has 1 aliphatic rings. The maximum atomic E-state index is 13.2. The number of sulfone groups is 1. The van der Waals surface area contributed by atoms with Crippen LogP contribution in [0.25, 0.3) is 0 Å². The molecular weight excluding hydrogens is 421 g/mol. The Hall–Kier alpha value is -2.28. The van der Waals surface area contributed by atoms with Gasteiger partial charge in [-0.1, -0.05) is 11.8 Å². The van der Waals surface area contributed by atoms with Crippen molar-refractivity contribution in [3.63, 3.8) is 0 Å². The Morgan fingerprint density at radius 1 is 1.11 bits per heavy atom. The van der Waals surface area contributed by atoms with Gasteiger partial charge in [-0.25, -0.2) is 12.8 Å². The molecule has 1 fully saturated rings. The first-order valence-corrected chi connectivity index (χ1v) is 11.5. The first-order valence-electron chi connectivity index (χ1n) is 7.96. The quantitative estimate of drug-likeness (QED) is 0.450. The highest BCUT2D eigenvalue weighted by molar-refractivity contribution is 8.25. The summed E-state index contributed by atoms with van der Waals surface area (Å²) in [4.78, 5) is 25.0. The Balaban J connectivity index is 1.98. The summed E-state index contributed by atoms with van der Waals surface area (Å²) in [6.07, 6.45) is 1.55. The average Bonchev–Trinajstić information content (AvgIpc) is 2.97. The fourth-order valence-corrected chi connectivity index (χ4v) is 6.07. The van der Waals surface area contributed by atoms with Crippen molar-refractivity contribution in [1.29, 1.82) is 0 Å². The molecule has 2 aromatic rings. The van der Waals surface area contributed by atoms with E-state index in [2.05, 4.69) is 11.8 Å². The van der Waals surface area contributed by atoms with Crippen molar-refractivity contribution in [3.05, 3.63) is 59.9 Å². The van der Waals surface area contributed by atoms with Gasteiger partial charge in [-0.2, -0.15) is 0 Å². The van der Waals surface area contributed by atoms with Crippen molar-refractivity contribution >= 4 is 44.5 Å². The molecular formula is C19H14FNO4S3. The SMILES string of the molecule is CSc1ccc(C#CCC2(S(=O)(=O)c3ccc(F)cc3)SC(=O)NC2=O)cc1. The predicted molar refractivity (Wildman–Crippen MR) is 107 cm³/mol. The molecule has 1 saturated heterocycles. The van der Waals surface area contributed by atoms with E-state index in [-0.39, 0.29) is 11.3 Å². The Labute approximate surface area is 170 Å². The minimum Gasteiger partial charge on any atom is -0.285 e. The third-order valence-electron chi connectivity index (χ3n) is 4.02. The largest absolute Gasteiger partial charge is 0.287 e. The number of hydrogen-bond donors (Lipinski definition) is 1. The molecule has 0 radical (unpaired) electrons. The second kappa shape index (κ2) is 7.99. The third kappa shape index (κ3) is 3.81. The van der Waals surface area contributed by atoms with Crippen molar-refractivity contribution in [2.75, 3.05) is 6.26 Å². The Morgan fingerprint density at radius 3 is 2.29 bits per heavy atom. The molecule has 1 atom stereocenters. The van der Waals surface area contributed by atoms with E-state index < -0.39 is 30.9 Å². The van der Waals surface area contributed by atoms with Gasteiger partial charge in [0, 0.05) is 16.9 Å². The van der Waals surface area contributed by atoms with Crippen molar-refractivity contribution in [2.24, 2.45) is 0 Å². The number of amides is 2. The highest BCUT2D eigenvalue weighted by Crippen LogP contribution is 2.43. The van der Waals surface area contributed by atoms with E-state index in [9.17, 15) is 22.4 Å². The predicted octanol–water partition coefficient (Wildman–Crippen LogP) is 3.44. The number of rotatable bonds is 4. The van der Waals surface area contributed by atoms with Crippen LogP contribution in [0.1, 0.15) is 12.0 Å². The summed E-state index contributed by atoms with van der Waals surface area (Å²) in [6, 6.07) is 11.4. The third-order valence-corrected chi connectivity index (χ3v) is 8.71. The van der Waals surface area contributed by atoms with Crippen molar-refractivity contribution in [1.82, 2.24) is 5.32 Å². The van der Waals surface area contributed by atoms with E-state index in [0.717, 1.165) is 29.2 Å². The van der Waals surface area contributed by atoms with Gasteiger partial charge in [0.1, 0.15) is 5.82 Å². The van der Waals surface area contributed by atoms with E-state index in [1.165, 1.54) is 0 Å². The fraction of sp³-hybridized carbons (Fsp3) is 0.158. The lowest BCUT2D eigenvalue weighted by Gasteiger charge is -2.22. The second-order valence-corrected chi connectivity index (χ2v) is 10.3. The highest BCUT2D eigenvalue weighted by Gasteiger charge is 2.58. The highest BCUT2D eigenvalue weighted by atomic mass is 32.3. The zero-order valence-electron chi connectivity index (χ0n) is 14.6. The van der Waals surface area contributed by atoms with Crippen LogP contribution < -0.4 is 5.32 Å². The Kier molecular flexibility index (Phi) is 5.84. The zero-order chi connectivity index (χ0) is 20.4. The summed E-state index contributed by atoms with van der Waals surface area (Å²) >= 11 is 1.96. The lowest BCUT2D eigenvalue weighted by atomic mass is 10.2. The molecule has 0 spiro atoms. The van der Waals surface area contributed by atoms with Crippen LogP contribution in [0.3, 0.4) is 0 Å². The molecule has 9 heteroatoms. The van der Waals surface area contributed by atoms with Crippen LogP contribution in [0.2, 0.25) is 0 Å². The molecule has 3 rings (SSSR count). The number of carbonyl (C=O) groups excluding carboxylic acids is 2. The summed E-state index contributed by atoms with van der Waals surface area (Å²) in [6.45, 7) is 0. The van der Waals surface area contributed by atoms with Crippen molar-refractivity contribution in [2.45, 2.75) is 20.3 Å². The molecule has 0 aromatic heterocycles. The molecule has 144 valence electrons. The summed E-state index contributed by atoms with van der Waals surface area (Å²) in [7, 11) is -4.31. The summed E-state index contributed by atoms with van der Waals surface area (Å²) in [5.41, 5.74) is 0.655. The molecule has 0 saturated carbocycles. The van der Waals surface area contributed by atoms with Crippen LogP contribution in [0.5, 0.6) is 0 Å². The number of carbonyl (C=O) groups is 2. The number of halogens is 1. The zero-order valence-corrected chi connectivity index (χ0v) is 17.0. The van der Waals surface area contributed by atoms with Crippen LogP contribution in [-0.4, -0.2) is 29.9 Å². The van der Waals surface area contributed by atoms with Gasteiger partial charge < -0.3 is 0 Å². The maximum Gasteiger partial charge on any atom is 0.287 e. The standard InChI is InChI=1S/C19H14FNO4S3/c1-26-15-8-4-13(5-9-15)3-2-12-19(17(22)21-18(23)27-19)28(24,25)16-10-6-14(20)7-11-16/h4-11H,12H2,1H3,(H,21,22,23). The number of nitrogens with one attached hydrogen (secondary N) is 1. The Morgan fingerprint density at radius 2 is 1.75 bits per heavy atom. The van der Waals surface area contributed by atoms with E-state index in [1.54, 1.807) is 23.9 Å². The molecule has 2 aromatic carbocycles. The molecule has 1 aliphatic heterocycles. The van der Waals surface area contributed by atoms with E-state index >= 15 is 0 Å². The average molecular weight is 436 g/mol. The van der Waals surface area contributed by atoms with Gasteiger partial charge in [0.05, 0.1) is 4.90 Å². The Bertz CT molecular complexity index is 1090. The summed E-state index contributed by atoms with van der Waals surface area (Å²) in [5.74, 6) is 3.99. The molecule has 0 bridgehead atoms. The first kappa shape index (κ1) is 20.5. The smallest absolute Gasteiger partial charge is 0.285 e. The van der Waals surface area contributed by atoms with E-state index in [4.69, 9.17) is 0 Å². The first-order chi connectivity index (χ1) is 13.3. The molecule has 0 aliphatic carbocycles. The molecule has 28 heavy (non-hydrogen) atoms. The summed E-state index contributed by atoms with van der Waals surface area (Å²) < 4.78 is 37.3. The topological polar surface area (TPSA) is 80.3 Å². The molecule has 1 N–H and O–H groups in total. The number of hydrogen-bond acceptors (Lipinski definition) is 6. The van der Waals surface area contributed by atoms with Gasteiger partial charge in [0.15, 0.2) is 0 Å². The lowest BCUT2D eigenvalue weighted by Crippen LogP contribution is -2.43. The normalized spacial score (nSPS) is 19.1. The molecule has 1 unspecified atom stereocenters. The van der Waals surface area contributed by atoms with Crippen LogP contribution in [-0.2, 0) is 14.6 Å². The van der Waals surface area contributed by atoms with Crippen molar-refractivity contribution in [3.8, 4) is 11.8 Å². The number of imide groups is 1. The van der Waals surface area contributed by atoms with Gasteiger partial charge in [0.25, 0.3) is 11.1 Å². The minimum absolute atomic E-state index is 0.252. The number of benzene rings is 2. The molecule has 2 amide bonds. The van der Waals surface area contributed by atoms with Gasteiger partial charge >= 0.3 is 0 Å². The van der Waals surface area contributed by atoms with Gasteiger partial charge in [0.2, 0.25) is 13.9 Å². The number of thioether (sulfide) groups is 2. The van der Waals surface area contributed by atoms with Crippen LogP contribution in [0.4, 0.5) is 9.18 Å². The van der Waals surface area contributed by atoms with Crippen LogP contribution >= 0.6 is 23.5 Å². The van der Waals surface area contributed by atoms with E-state index in [1.807, 2.05) is 23.7 Å². The van der Waals surface area contributed by atoms with E-state index in [0.29, 0.717) is 17.3 Å². The molecule has 1 heterocycles. The monoisotopic (exact) mass is 435 g/mol. The van der Waals surface area contributed by atoms with Crippen LogP contribution in [0.15, 0.2) is 58.3 Å². The minimum atomic E-state index is -4.31. The maximum absolute atomic E-state index is 13.2. The van der Waals surface area contributed by atoms with Gasteiger partial charge in [-0.05, 0) is 66.5 Å². The van der Waals surface area contributed by atoms with Gasteiger partial charge in [-0.15, -0.1) is 11.8 Å². The lowest BCUT2D eigenvalue weighted by molar-refractivity contribution is -0.119. The van der Waals surface area contributed by atoms with Crippen molar-refractivity contribution < 1.29 is 22.4 Å².